The maximum absolute atomic E-state index is 5.97. The minimum Gasteiger partial charge on any atom is -0.328 e. The average Bonchev–Trinajstić information content (AvgIpc) is 2.94. The van der Waals surface area contributed by atoms with Gasteiger partial charge in [-0.1, -0.05) is 12.1 Å². The number of para-hydroxylation sites is 1. The third kappa shape index (κ3) is 3.83. The Balaban J connectivity index is 0.000001000. The normalized spacial score (nSPS) is 20.4. The molecule has 3 nitrogen and oxygen atoms in total. The lowest BCUT2D eigenvalue weighted by atomic mass is 10.0. The lowest BCUT2D eigenvalue weighted by Gasteiger charge is -2.16. The number of aromatic nitrogens is 1. The van der Waals surface area contributed by atoms with Crippen molar-refractivity contribution < 1.29 is 0 Å². The van der Waals surface area contributed by atoms with Gasteiger partial charge in [0.25, 0.3) is 0 Å². The molecule has 2 aromatic rings. The monoisotopic (exact) mass is 333 g/mol. The van der Waals surface area contributed by atoms with Gasteiger partial charge in [0.15, 0.2) is 0 Å². The van der Waals surface area contributed by atoms with Crippen LogP contribution in [0.3, 0.4) is 0 Å². The molecule has 0 bridgehead atoms. The van der Waals surface area contributed by atoms with Gasteiger partial charge in [0, 0.05) is 12.6 Å². The summed E-state index contributed by atoms with van der Waals surface area (Å²) in [4.78, 5) is 7.17. The molecular formula is C14H21Cl2N3S. The van der Waals surface area contributed by atoms with Crippen LogP contribution >= 0.6 is 36.2 Å². The molecule has 2 unspecified atom stereocenters. The minimum absolute atomic E-state index is 0. The van der Waals surface area contributed by atoms with Crippen LogP contribution in [0.4, 0.5) is 0 Å². The van der Waals surface area contributed by atoms with E-state index >= 15 is 0 Å². The molecule has 1 saturated heterocycles. The number of hydrogen-bond donors (Lipinski definition) is 1. The van der Waals surface area contributed by atoms with Gasteiger partial charge in [-0.2, -0.15) is 0 Å². The lowest BCUT2D eigenvalue weighted by molar-refractivity contribution is 0.308. The Bertz CT molecular complexity index is 511. The van der Waals surface area contributed by atoms with Crippen LogP contribution in [-0.2, 0) is 6.54 Å². The summed E-state index contributed by atoms with van der Waals surface area (Å²) < 4.78 is 1.29. The first-order valence-corrected chi connectivity index (χ1v) is 7.36. The minimum atomic E-state index is 0. The molecule has 3 rings (SSSR count). The second-order valence-electron chi connectivity index (χ2n) is 5.22. The first-order chi connectivity index (χ1) is 8.72. The van der Waals surface area contributed by atoms with Crippen LogP contribution in [-0.4, -0.2) is 29.0 Å². The molecular weight excluding hydrogens is 313 g/mol. The van der Waals surface area contributed by atoms with Crippen molar-refractivity contribution in [2.24, 2.45) is 11.7 Å². The molecule has 0 amide bonds. The van der Waals surface area contributed by atoms with E-state index in [4.69, 9.17) is 10.7 Å². The maximum atomic E-state index is 5.97. The zero-order valence-electron chi connectivity index (χ0n) is 11.5. The molecule has 0 aliphatic carbocycles. The molecule has 112 valence electrons. The number of nitrogens with two attached hydrogens (primary N) is 1. The van der Waals surface area contributed by atoms with E-state index in [1.165, 1.54) is 16.1 Å². The number of nitrogens with zero attached hydrogens (tertiary/aromatic N) is 2. The van der Waals surface area contributed by atoms with Crippen molar-refractivity contribution in [2.45, 2.75) is 25.9 Å². The van der Waals surface area contributed by atoms with Crippen molar-refractivity contribution in [1.29, 1.82) is 0 Å². The summed E-state index contributed by atoms with van der Waals surface area (Å²) in [6, 6.07) is 8.67. The molecule has 2 atom stereocenters. The summed E-state index contributed by atoms with van der Waals surface area (Å²) >= 11 is 1.81. The molecule has 2 heterocycles. The van der Waals surface area contributed by atoms with Gasteiger partial charge in [-0.25, -0.2) is 4.98 Å². The third-order valence-corrected chi connectivity index (χ3v) is 4.77. The zero-order chi connectivity index (χ0) is 12.5. The number of benzene rings is 1. The Morgan fingerprint density at radius 3 is 2.80 bits per heavy atom. The molecule has 1 aromatic carbocycles. The van der Waals surface area contributed by atoms with Gasteiger partial charge in [-0.05, 0) is 37.9 Å². The predicted molar refractivity (Wildman–Crippen MR) is 91.1 cm³/mol. The third-order valence-electron chi connectivity index (χ3n) is 3.75. The fourth-order valence-corrected chi connectivity index (χ4v) is 3.62. The van der Waals surface area contributed by atoms with Crippen LogP contribution < -0.4 is 5.73 Å². The van der Waals surface area contributed by atoms with Gasteiger partial charge in [0.2, 0.25) is 0 Å². The van der Waals surface area contributed by atoms with E-state index in [0.717, 1.165) is 25.2 Å². The van der Waals surface area contributed by atoms with Crippen LogP contribution in [0.1, 0.15) is 18.4 Å². The maximum Gasteiger partial charge on any atom is 0.108 e. The second kappa shape index (κ2) is 7.57. The number of rotatable bonds is 3. The first-order valence-electron chi connectivity index (χ1n) is 6.55. The van der Waals surface area contributed by atoms with Crippen LogP contribution in [0.2, 0.25) is 0 Å². The van der Waals surface area contributed by atoms with Crippen molar-refractivity contribution in [3.8, 4) is 0 Å². The Morgan fingerprint density at radius 2 is 2.15 bits per heavy atom. The van der Waals surface area contributed by atoms with E-state index in [-0.39, 0.29) is 24.8 Å². The Labute approximate surface area is 136 Å². The molecule has 6 heteroatoms. The van der Waals surface area contributed by atoms with Gasteiger partial charge in [0.1, 0.15) is 5.01 Å². The molecule has 1 aromatic heterocycles. The smallest absolute Gasteiger partial charge is 0.108 e. The summed E-state index contributed by atoms with van der Waals surface area (Å²) in [6.07, 6.45) is 1.22. The highest BCUT2D eigenvalue weighted by molar-refractivity contribution is 7.18. The lowest BCUT2D eigenvalue weighted by Crippen LogP contribution is -2.29. The van der Waals surface area contributed by atoms with E-state index in [1.807, 2.05) is 17.4 Å². The van der Waals surface area contributed by atoms with Crippen molar-refractivity contribution in [2.75, 3.05) is 13.1 Å². The van der Waals surface area contributed by atoms with Gasteiger partial charge in [0.05, 0.1) is 16.8 Å². The Hall–Kier alpha value is -0.390. The summed E-state index contributed by atoms with van der Waals surface area (Å²) in [5.74, 6) is 0.652. The van der Waals surface area contributed by atoms with Crippen LogP contribution in [0.15, 0.2) is 24.3 Å². The molecule has 2 N–H and O–H groups in total. The van der Waals surface area contributed by atoms with Crippen molar-refractivity contribution in [3.63, 3.8) is 0 Å². The number of thiazole rings is 1. The van der Waals surface area contributed by atoms with Crippen molar-refractivity contribution in [1.82, 2.24) is 9.88 Å². The Morgan fingerprint density at radius 1 is 1.40 bits per heavy atom. The van der Waals surface area contributed by atoms with Crippen LogP contribution in [0.25, 0.3) is 10.2 Å². The summed E-state index contributed by atoms with van der Waals surface area (Å²) in [7, 11) is 0. The first kappa shape index (κ1) is 17.7. The highest BCUT2D eigenvalue weighted by Gasteiger charge is 2.25. The van der Waals surface area contributed by atoms with Crippen molar-refractivity contribution in [3.05, 3.63) is 29.3 Å². The summed E-state index contributed by atoms with van der Waals surface area (Å²) in [5.41, 5.74) is 7.10. The highest BCUT2D eigenvalue weighted by atomic mass is 35.5. The fourth-order valence-electron chi connectivity index (χ4n) is 2.61. The topological polar surface area (TPSA) is 42.1 Å². The van der Waals surface area contributed by atoms with Crippen LogP contribution in [0, 0.1) is 5.92 Å². The molecule has 1 fully saturated rings. The molecule has 20 heavy (non-hydrogen) atoms. The van der Waals surface area contributed by atoms with E-state index in [9.17, 15) is 0 Å². The summed E-state index contributed by atoms with van der Waals surface area (Å²) in [5, 5.41) is 1.22. The van der Waals surface area contributed by atoms with Crippen LogP contribution in [0.5, 0.6) is 0 Å². The van der Waals surface area contributed by atoms with E-state index in [2.05, 4.69) is 30.0 Å². The molecule has 1 aliphatic heterocycles. The van der Waals surface area contributed by atoms with Gasteiger partial charge < -0.3 is 5.73 Å². The predicted octanol–water partition coefficient (Wildman–Crippen LogP) is 3.31. The molecule has 0 saturated carbocycles. The number of hydrogen-bond acceptors (Lipinski definition) is 4. The van der Waals surface area contributed by atoms with E-state index in [1.54, 1.807) is 0 Å². The van der Waals surface area contributed by atoms with Gasteiger partial charge >= 0.3 is 0 Å². The van der Waals surface area contributed by atoms with Gasteiger partial charge in [-0.15, -0.1) is 36.2 Å². The van der Waals surface area contributed by atoms with Gasteiger partial charge in [-0.3, -0.25) is 4.90 Å². The van der Waals surface area contributed by atoms with Crippen molar-refractivity contribution >= 4 is 46.4 Å². The average molecular weight is 334 g/mol. The number of halogens is 2. The number of fused-ring (bicyclic) bond motifs is 1. The van der Waals surface area contributed by atoms with E-state index in [0.29, 0.717) is 12.0 Å². The quantitative estimate of drug-likeness (QED) is 0.936. The molecule has 1 aliphatic rings. The molecule has 0 radical (unpaired) electrons. The standard InChI is InChI=1S/C14H19N3S.2ClH/c1-10(15)11-6-7-17(8-11)9-14-16-12-4-2-3-5-13(12)18-14;;/h2-5,10-11H,6-9,15H2,1H3;2*1H. The zero-order valence-corrected chi connectivity index (χ0v) is 13.9. The van der Waals surface area contributed by atoms with E-state index < -0.39 is 0 Å². The largest absolute Gasteiger partial charge is 0.328 e. The highest BCUT2D eigenvalue weighted by Crippen LogP contribution is 2.25. The number of likely N-dealkylation sites (tertiary alicyclic amines) is 1. The fraction of sp³-hybridized carbons (Fsp3) is 0.500. The summed E-state index contributed by atoms with van der Waals surface area (Å²) in [6.45, 7) is 5.37. The molecule has 0 spiro atoms. The SMILES string of the molecule is CC(N)C1CCN(Cc2nc3ccccc3s2)C1.Cl.Cl. The second-order valence-corrected chi connectivity index (χ2v) is 6.33. The Kier molecular flexibility index (Phi) is 6.69.